The smallest absolute Gasteiger partial charge is 0.238 e. The van der Waals surface area contributed by atoms with Crippen LogP contribution < -0.4 is 4.90 Å². The highest BCUT2D eigenvalue weighted by Gasteiger charge is 2.17. The molecule has 0 aliphatic carbocycles. The number of hydrogen-bond acceptors (Lipinski definition) is 3. The maximum absolute atomic E-state index is 12.9. The zero-order valence-electron chi connectivity index (χ0n) is 14.5. The molecule has 0 aliphatic heterocycles. The summed E-state index contributed by atoms with van der Waals surface area (Å²) in [6.45, 7) is 0.490. The first-order valence-corrected chi connectivity index (χ1v) is 10.3. The van der Waals surface area contributed by atoms with Crippen molar-refractivity contribution < 1.29 is 4.79 Å². The molecule has 3 aromatic rings. The van der Waals surface area contributed by atoms with Crippen molar-refractivity contribution in [3.8, 4) is 0 Å². The van der Waals surface area contributed by atoms with E-state index < -0.39 is 0 Å². The molecule has 1 heterocycles. The number of carbonyl (C=O) groups is 1. The Morgan fingerprint density at radius 2 is 1.70 bits per heavy atom. The Morgan fingerprint density at radius 3 is 2.41 bits per heavy atom. The molecule has 27 heavy (non-hydrogen) atoms. The van der Waals surface area contributed by atoms with Crippen LogP contribution in [0, 0.1) is 0 Å². The third kappa shape index (κ3) is 5.73. The van der Waals surface area contributed by atoms with Crippen LogP contribution in [0.25, 0.3) is 0 Å². The number of halogens is 2. The Hall–Kier alpha value is -2.01. The molecule has 0 N–H and O–H groups in total. The van der Waals surface area contributed by atoms with Gasteiger partial charge in [-0.2, -0.15) is 0 Å². The van der Waals surface area contributed by atoms with E-state index in [4.69, 9.17) is 23.2 Å². The van der Waals surface area contributed by atoms with Gasteiger partial charge in [0, 0.05) is 11.9 Å². The van der Waals surface area contributed by atoms with Gasteiger partial charge >= 0.3 is 0 Å². The van der Waals surface area contributed by atoms with Crippen LogP contribution in [0.15, 0.2) is 72.9 Å². The lowest BCUT2D eigenvalue weighted by Gasteiger charge is -2.22. The van der Waals surface area contributed by atoms with E-state index >= 15 is 0 Å². The van der Waals surface area contributed by atoms with Crippen LogP contribution in [0.5, 0.6) is 0 Å². The van der Waals surface area contributed by atoms with Crippen molar-refractivity contribution in [2.75, 3.05) is 10.7 Å². The van der Waals surface area contributed by atoms with Gasteiger partial charge in [-0.05, 0) is 35.4 Å². The average molecular weight is 417 g/mol. The molecule has 0 aliphatic rings. The minimum absolute atomic E-state index is 0.0163. The fraction of sp³-hybridized carbons (Fsp3) is 0.143. The number of anilines is 1. The number of amides is 1. The van der Waals surface area contributed by atoms with E-state index in [1.54, 1.807) is 28.9 Å². The second-order valence-corrected chi connectivity index (χ2v) is 7.69. The van der Waals surface area contributed by atoms with Gasteiger partial charge in [0.1, 0.15) is 5.82 Å². The molecule has 0 spiro atoms. The van der Waals surface area contributed by atoms with Crippen molar-refractivity contribution in [3.05, 3.63) is 94.1 Å². The number of hydrogen-bond donors (Lipinski definition) is 0. The molecule has 0 fully saturated rings. The van der Waals surface area contributed by atoms with Crippen molar-refractivity contribution in [1.29, 1.82) is 0 Å². The fourth-order valence-electron chi connectivity index (χ4n) is 2.54. The van der Waals surface area contributed by atoms with Crippen molar-refractivity contribution in [3.63, 3.8) is 0 Å². The van der Waals surface area contributed by atoms with E-state index in [-0.39, 0.29) is 5.91 Å². The van der Waals surface area contributed by atoms with Gasteiger partial charge in [-0.15, -0.1) is 11.8 Å². The highest BCUT2D eigenvalue weighted by molar-refractivity contribution is 7.99. The van der Waals surface area contributed by atoms with Crippen molar-refractivity contribution in [2.45, 2.75) is 12.3 Å². The van der Waals surface area contributed by atoms with Crippen LogP contribution in [0.4, 0.5) is 5.82 Å². The summed E-state index contributed by atoms with van der Waals surface area (Å²) in [5.41, 5.74) is 2.10. The van der Waals surface area contributed by atoms with Gasteiger partial charge in [-0.1, -0.05) is 65.7 Å². The first kappa shape index (κ1) is 19.7. The maximum atomic E-state index is 12.9. The van der Waals surface area contributed by atoms with Crippen LogP contribution in [-0.4, -0.2) is 16.6 Å². The Labute approximate surface area is 173 Å². The van der Waals surface area contributed by atoms with E-state index in [2.05, 4.69) is 4.98 Å². The van der Waals surface area contributed by atoms with E-state index in [0.29, 0.717) is 33.9 Å². The van der Waals surface area contributed by atoms with Crippen LogP contribution >= 0.6 is 35.0 Å². The number of aromatic nitrogens is 1. The number of benzene rings is 2. The second kappa shape index (κ2) is 9.79. The number of thioether (sulfide) groups is 1. The van der Waals surface area contributed by atoms with Gasteiger partial charge in [0.25, 0.3) is 0 Å². The van der Waals surface area contributed by atoms with Crippen LogP contribution in [0.3, 0.4) is 0 Å². The van der Waals surface area contributed by atoms with E-state index in [0.717, 1.165) is 11.1 Å². The van der Waals surface area contributed by atoms with E-state index in [1.165, 1.54) is 0 Å². The standard InChI is InChI=1S/C21H18Cl2N2OS/c22-18-10-9-17(12-19(18)23)14-27-15-21(26)25(20-8-4-5-11-24-20)13-16-6-2-1-3-7-16/h1-12H,13-15H2. The monoisotopic (exact) mass is 416 g/mol. The topological polar surface area (TPSA) is 33.2 Å². The largest absolute Gasteiger partial charge is 0.292 e. The number of pyridine rings is 1. The lowest BCUT2D eigenvalue weighted by atomic mass is 10.2. The normalized spacial score (nSPS) is 10.6. The first-order valence-electron chi connectivity index (χ1n) is 8.40. The van der Waals surface area contributed by atoms with Gasteiger partial charge in [-0.25, -0.2) is 4.98 Å². The molecule has 0 atom stereocenters. The van der Waals surface area contributed by atoms with Gasteiger partial charge < -0.3 is 0 Å². The third-order valence-corrected chi connectivity index (χ3v) is 5.62. The Kier molecular flexibility index (Phi) is 7.16. The Bertz CT molecular complexity index is 891. The minimum Gasteiger partial charge on any atom is -0.292 e. The molecule has 0 radical (unpaired) electrons. The number of nitrogens with zero attached hydrogens (tertiary/aromatic N) is 2. The van der Waals surface area contributed by atoms with Gasteiger partial charge in [0.05, 0.1) is 22.3 Å². The zero-order valence-corrected chi connectivity index (χ0v) is 16.8. The van der Waals surface area contributed by atoms with Crippen molar-refractivity contribution in [2.24, 2.45) is 0 Å². The van der Waals surface area contributed by atoms with Crippen LogP contribution in [0.2, 0.25) is 10.0 Å². The molecule has 3 rings (SSSR count). The van der Waals surface area contributed by atoms with E-state index in [1.807, 2.05) is 60.7 Å². The summed E-state index contributed by atoms with van der Waals surface area (Å²) in [6.07, 6.45) is 1.70. The summed E-state index contributed by atoms with van der Waals surface area (Å²) in [5.74, 6) is 1.71. The maximum Gasteiger partial charge on any atom is 0.238 e. The summed E-state index contributed by atoms with van der Waals surface area (Å²) in [5, 5.41) is 1.06. The molecule has 1 aromatic heterocycles. The minimum atomic E-state index is 0.0163. The van der Waals surface area contributed by atoms with Crippen LogP contribution in [-0.2, 0) is 17.1 Å². The van der Waals surface area contributed by atoms with Crippen molar-refractivity contribution in [1.82, 2.24) is 4.98 Å². The molecule has 3 nitrogen and oxygen atoms in total. The highest BCUT2D eigenvalue weighted by Crippen LogP contribution is 2.25. The first-order chi connectivity index (χ1) is 13.1. The second-order valence-electron chi connectivity index (χ2n) is 5.89. The van der Waals surface area contributed by atoms with Crippen LogP contribution in [0.1, 0.15) is 11.1 Å². The quantitative estimate of drug-likeness (QED) is 0.483. The van der Waals surface area contributed by atoms with E-state index in [9.17, 15) is 4.79 Å². The molecule has 2 aromatic carbocycles. The average Bonchev–Trinajstić information content (AvgIpc) is 2.70. The zero-order chi connectivity index (χ0) is 19.1. The predicted octanol–water partition coefficient (Wildman–Crippen LogP) is 5.86. The van der Waals surface area contributed by atoms with Gasteiger partial charge in [-0.3, -0.25) is 9.69 Å². The molecule has 0 bridgehead atoms. The van der Waals surface area contributed by atoms with Crippen molar-refractivity contribution >= 4 is 46.7 Å². The molecule has 0 saturated heterocycles. The molecular weight excluding hydrogens is 399 g/mol. The molecule has 138 valence electrons. The fourth-order valence-corrected chi connectivity index (χ4v) is 3.71. The highest BCUT2D eigenvalue weighted by atomic mass is 35.5. The summed E-state index contributed by atoms with van der Waals surface area (Å²) >= 11 is 13.5. The lowest BCUT2D eigenvalue weighted by Crippen LogP contribution is -2.32. The molecule has 0 unspecified atom stereocenters. The van der Waals surface area contributed by atoms with Gasteiger partial charge in [0.15, 0.2) is 0 Å². The molecule has 1 amide bonds. The molecule has 0 saturated carbocycles. The summed E-state index contributed by atoms with van der Waals surface area (Å²) in [4.78, 5) is 18.9. The SMILES string of the molecule is O=C(CSCc1ccc(Cl)c(Cl)c1)N(Cc1ccccc1)c1ccccn1. The van der Waals surface area contributed by atoms with Gasteiger partial charge in [0.2, 0.25) is 5.91 Å². The molecule has 6 heteroatoms. The summed E-state index contributed by atoms with van der Waals surface area (Å²) in [6, 6.07) is 21.0. The summed E-state index contributed by atoms with van der Waals surface area (Å²) < 4.78 is 0. The predicted molar refractivity (Wildman–Crippen MR) is 114 cm³/mol. The third-order valence-electron chi connectivity index (χ3n) is 3.89. The summed E-state index contributed by atoms with van der Waals surface area (Å²) in [7, 11) is 0. The number of rotatable bonds is 7. The Balaban J connectivity index is 1.66. The Morgan fingerprint density at radius 1 is 0.926 bits per heavy atom. The number of carbonyl (C=O) groups excluding carboxylic acids is 1. The lowest BCUT2D eigenvalue weighted by molar-refractivity contribution is -0.116. The molecular formula is C21H18Cl2N2OS.